The highest BCUT2D eigenvalue weighted by Gasteiger charge is 2.16. The fourth-order valence-corrected chi connectivity index (χ4v) is 2.30. The van der Waals surface area contributed by atoms with Crippen molar-refractivity contribution in [3.05, 3.63) is 30.1 Å². The number of nitrogens with one attached hydrogen (secondary N) is 1. The van der Waals surface area contributed by atoms with Gasteiger partial charge >= 0.3 is 0 Å². The van der Waals surface area contributed by atoms with Crippen molar-refractivity contribution in [2.75, 3.05) is 32.0 Å². The predicted octanol–water partition coefficient (Wildman–Crippen LogP) is 2.58. The van der Waals surface area contributed by atoms with Gasteiger partial charge in [0.05, 0.1) is 0 Å². The minimum Gasteiger partial charge on any atom is -0.385 e. The van der Waals surface area contributed by atoms with Crippen LogP contribution in [0.1, 0.15) is 12.8 Å². The normalized spacial score (nSPS) is 22.0. The first-order valence-electron chi connectivity index (χ1n) is 5.92. The molecule has 2 rings (SSSR count). The second kappa shape index (κ2) is 5.30. The molecular formula is C13H19FN2. The summed E-state index contributed by atoms with van der Waals surface area (Å²) in [6, 6.07) is 6.67. The first-order chi connectivity index (χ1) is 7.74. The fourth-order valence-electron chi connectivity index (χ4n) is 2.30. The van der Waals surface area contributed by atoms with Crippen LogP contribution in [0.4, 0.5) is 10.1 Å². The van der Waals surface area contributed by atoms with Crippen molar-refractivity contribution in [3.8, 4) is 0 Å². The van der Waals surface area contributed by atoms with E-state index in [9.17, 15) is 4.39 Å². The molecule has 0 aromatic heterocycles. The van der Waals surface area contributed by atoms with Gasteiger partial charge in [0.15, 0.2) is 0 Å². The summed E-state index contributed by atoms with van der Waals surface area (Å²) in [5.41, 5.74) is 0.883. The summed E-state index contributed by atoms with van der Waals surface area (Å²) in [7, 11) is 2.16. The number of halogens is 1. The molecule has 0 amide bonds. The van der Waals surface area contributed by atoms with Gasteiger partial charge < -0.3 is 10.2 Å². The summed E-state index contributed by atoms with van der Waals surface area (Å²) < 4.78 is 12.9. The van der Waals surface area contributed by atoms with E-state index in [1.54, 1.807) is 12.1 Å². The molecule has 0 saturated carbocycles. The van der Waals surface area contributed by atoms with Crippen LogP contribution in [0.2, 0.25) is 0 Å². The van der Waals surface area contributed by atoms with E-state index < -0.39 is 0 Å². The third-order valence-corrected chi connectivity index (χ3v) is 3.14. The fraction of sp³-hybridized carbons (Fsp3) is 0.538. The zero-order valence-electron chi connectivity index (χ0n) is 9.75. The second-order valence-corrected chi connectivity index (χ2v) is 4.66. The number of hydrogen-bond acceptors (Lipinski definition) is 2. The molecule has 1 fully saturated rings. The van der Waals surface area contributed by atoms with E-state index in [1.165, 1.54) is 25.5 Å². The number of piperidine rings is 1. The van der Waals surface area contributed by atoms with Crippen LogP contribution in [-0.2, 0) is 0 Å². The molecule has 1 unspecified atom stereocenters. The lowest BCUT2D eigenvalue weighted by Gasteiger charge is -2.29. The third-order valence-electron chi connectivity index (χ3n) is 3.14. The average Bonchev–Trinajstić information content (AvgIpc) is 2.27. The van der Waals surface area contributed by atoms with Crippen LogP contribution < -0.4 is 5.32 Å². The molecule has 2 nitrogen and oxygen atoms in total. The standard InChI is InChI=1S/C13H19FN2/c1-16-7-3-4-11(10-16)9-15-13-6-2-5-12(14)8-13/h2,5-6,8,11,15H,3-4,7,9-10H2,1H3. The van der Waals surface area contributed by atoms with Crippen molar-refractivity contribution in [2.45, 2.75) is 12.8 Å². The molecule has 0 spiro atoms. The minimum atomic E-state index is -0.175. The molecule has 16 heavy (non-hydrogen) atoms. The summed E-state index contributed by atoms with van der Waals surface area (Å²) in [6.07, 6.45) is 2.54. The Morgan fingerprint density at radius 1 is 1.50 bits per heavy atom. The van der Waals surface area contributed by atoms with E-state index in [1.807, 2.05) is 6.07 Å². The highest BCUT2D eigenvalue weighted by atomic mass is 19.1. The molecule has 1 heterocycles. The molecule has 0 radical (unpaired) electrons. The highest BCUT2D eigenvalue weighted by Crippen LogP contribution is 2.16. The van der Waals surface area contributed by atoms with Crippen LogP contribution in [-0.4, -0.2) is 31.6 Å². The van der Waals surface area contributed by atoms with Gasteiger partial charge in [-0.15, -0.1) is 0 Å². The largest absolute Gasteiger partial charge is 0.385 e. The number of anilines is 1. The molecule has 1 aliphatic rings. The third kappa shape index (κ3) is 3.20. The van der Waals surface area contributed by atoms with Crippen molar-refractivity contribution in [1.82, 2.24) is 4.90 Å². The van der Waals surface area contributed by atoms with Crippen LogP contribution in [0.3, 0.4) is 0 Å². The summed E-state index contributed by atoms with van der Waals surface area (Å²) in [6.45, 7) is 3.28. The lowest BCUT2D eigenvalue weighted by molar-refractivity contribution is 0.217. The van der Waals surface area contributed by atoms with Gasteiger partial charge in [0, 0.05) is 18.8 Å². The Balaban J connectivity index is 1.82. The lowest BCUT2D eigenvalue weighted by Crippen LogP contribution is -2.35. The molecule has 1 N–H and O–H groups in total. The first-order valence-corrected chi connectivity index (χ1v) is 5.92. The summed E-state index contributed by atoms with van der Waals surface area (Å²) in [5, 5.41) is 3.31. The number of benzene rings is 1. The van der Waals surface area contributed by atoms with Gasteiger partial charge in [0.25, 0.3) is 0 Å². The van der Waals surface area contributed by atoms with Crippen molar-refractivity contribution in [3.63, 3.8) is 0 Å². The summed E-state index contributed by atoms with van der Waals surface area (Å²) in [5.74, 6) is 0.507. The predicted molar refractivity (Wildman–Crippen MR) is 65.1 cm³/mol. The zero-order chi connectivity index (χ0) is 11.4. The van der Waals surface area contributed by atoms with E-state index >= 15 is 0 Å². The van der Waals surface area contributed by atoms with E-state index in [4.69, 9.17) is 0 Å². The molecule has 1 saturated heterocycles. The van der Waals surface area contributed by atoms with Crippen molar-refractivity contribution >= 4 is 5.69 Å². The number of hydrogen-bond donors (Lipinski definition) is 1. The minimum absolute atomic E-state index is 0.175. The van der Waals surface area contributed by atoms with Gasteiger partial charge in [-0.3, -0.25) is 0 Å². The molecular weight excluding hydrogens is 203 g/mol. The van der Waals surface area contributed by atoms with Gasteiger partial charge in [-0.25, -0.2) is 4.39 Å². The second-order valence-electron chi connectivity index (χ2n) is 4.66. The molecule has 1 atom stereocenters. The van der Waals surface area contributed by atoms with Crippen molar-refractivity contribution in [2.24, 2.45) is 5.92 Å². The van der Waals surface area contributed by atoms with E-state index in [-0.39, 0.29) is 5.82 Å². The Morgan fingerprint density at radius 2 is 2.38 bits per heavy atom. The Morgan fingerprint density at radius 3 is 3.12 bits per heavy atom. The quantitative estimate of drug-likeness (QED) is 0.845. The maximum absolute atomic E-state index is 12.9. The Bertz CT molecular complexity index is 340. The van der Waals surface area contributed by atoms with Crippen molar-refractivity contribution in [1.29, 1.82) is 0 Å². The Hall–Kier alpha value is -1.09. The molecule has 0 aliphatic carbocycles. The zero-order valence-corrected chi connectivity index (χ0v) is 9.75. The Labute approximate surface area is 96.5 Å². The van der Waals surface area contributed by atoms with Crippen molar-refractivity contribution < 1.29 is 4.39 Å². The van der Waals surface area contributed by atoms with Gasteiger partial charge in [0.2, 0.25) is 0 Å². The lowest BCUT2D eigenvalue weighted by atomic mass is 9.98. The number of rotatable bonds is 3. The van der Waals surface area contributed by atoms with Crippen LogP contribution in [0.15, 0.2) is 24.3 Å². The van der Waals surface area contributed by atoms with Gasteiger partial charge in [0.1, 0.15) is 5.82 Å². The van der Waals surface area contributed by atoms with Gasteiger partial charge in [-0.05, 0) is 50.6 Å². The smallest absolute Gasteiger partial charge is 0.125 e. The Kier molecular flexibility index (Phi) is 3.78. The SMILES string of the molecule is CN1CCCC(CNc2cccc(F)c2)C1. The summed E-state index contributed by atoms with van der Waals surface area (Å²) in [4.78, 5) is 2.36. The van der Waals surface area contributed by atoms with Crippen LogP contribution in [0.25, 0.3) is 0 Å². The monoisotopic (exact) mass is 222 g/mol. The molecule has 3 heteroatoms. The van der Waals surface area contributed by atoms with E-state index in [0.29, 0.717) is 5.92 Å². The molecule has 0 bridgehead atoms. The molecule has 1 aliphatic heterocycles. The van der Waals surface area contributed by atoms with Gasteiger partial charge in [-0.1, -0.05) is 6.07 Å². The van der Waals surface area contributed by atoms with E-state index in [0.717, 1.165) is 18.8 Å². The van der Waals surface area contributed by atoms with E-state index in [2.05, 4.69) is 17.3 Å². The number of nitrogens with zero attached hydrogens (tertiary/aromatic N) is 1. The molecule has 1 aromatic carbocycles. The maximum Gasteiger partial charge on any atom is 0.125 e. The molecule has 88 valence electrons. The molecule has 1 aromatic rings. The van der Waals surface area contributed by atoms with Crippen LogP contribution in [0.5, 0.6) is 0 Å². The maximum atomic E-state index is 12.9. The van der Waals surface area contributed by atoms with Crippen LogP contribution in [0, 0.1) is 11.7 Å². The van der Waals surface area contributed by atoms with Gasteiger partial charge in [-0.2, -0.15) is 0 Å². The first kappa shape index (κ1) is 11.4. The highest BCUT2D eigenvalue weighted by molar-refractivity contribution is 5.42. The van der Waals surface area contributed by atoms with Crippen LogP contribution >= 0.6 is 0 Å². The number of likely N-dealkylation sites (tertiary alicyclic amines) is 1. The topological polar surface area (TPSA) is 15.3 Å². The average molecular weight is 222 g/mol. The summed E-state index contributed by atoms with van der Waals surface area (Å²) >= 11 is 0.